The zero-order valence-corrected chi connectivity index (χ0v) is 11.2. The fourth-order valence-corrected chi connectivity index (χ4v) is 1.88. The summed E-state index contributed by atoms with van der Waals surface area (Å²) in [4.78, 5) is 0. The van der Waals surface area contributed by atoms with Crippen molar-refractivity contribution in [3.05, 3.63) is 30.3 Å². The van der Waals surface area contributed by atoms with Crippen LogP contribution in [-0.4, -0.2) is 17.8 Å². The lowest BCUT2D eigenvalue weighted by atomic mass is 10.1. The predicted octanol–water partition coefficient (Wildman–Crippen LogP) is 3.73. The highest BCUT2D eigenvalue weighted by Gasteiger charge is 2.18. The van der Waals surface area contributed by atoms with Crippen molar-refractivity contribution in [2.24, 2.45) is 0 Å². The van der Waals surface area contributed by atoms with Crippen molar-refractivity contribution in [1.29, 1.82) is 0 Å². The van der Waals surface area contributed by atoms with Gasteiger partial charge in [-0.2, -0.15) is 0 Å². The molecule has 0 aliphatic carbocycles. The lowest BCUT2D eigenvalue weighted by Gasteiger charge is -2.23. The first-order valence-corrected chi connectivity index (χ1v) is 5.90. The fraction of sp³-hybridized carbons (Fsp3) is 0.333. The lowest BCUT2D eigenvalue weighted by molar-refractivity contribution is 0.126. The van der Waals surface area contributed by atoms with Gasteiger partial charge in [-0.1, -0.05) is 24.3 Å². The van der Waals surface area contributed by atoms with Crippen LogP contribution in [0.1, 0.15) is 20.8 Å². The number of methoxy groups -OCH3 is 1. The number of hydrogen-bond acceptors (Lipinski definition) is 3. The van der Waals surface area contributed by atoms with Gasteiger partial charge in [-0.25, -0.2) is 0 Å². The minimum atomic E-state index is -0.370. The van der Waals surface area contributed by atoms with E-state index in [4.69, 9.17) is 9.47 Å². The molecule has 3 heteroatoms. The summed E-state index contributed by atoms with van der Waals surface area (Å²) >= 11 is 0. The van der Waals surface area contributed by atoms with Gasteiger partial charge in [0.1, 0.15) is 11.4 Å². The Morgan fingerprint density at radius 3 is 2.17 bits per heavy atom. The zero-order valence-electron chi connectivity index (χ0n) is 11.2. The van der Waals surface area contributed by atoms with Crippen molar-refractivity contribution in [2.45, 2.75) is 26.4 Å². The van der Waals surface area contributed by atoms with Crippen molar-refractivity contribution in [3.63, 3.8) is 0 Å². The highest BCUT2D eigenvalue weighted by molar-refractivity contribution is 5.95. The molecule has 3 nitrogen and oxygen atoms in total. The van der Waals surface area contributed by atoms with Crippen LogP contribution in [-0.2, 0) is 0 Å². The number of phenols is 1. The van der Waals surface area contributed by atoms with E-state index in [-0.39, 0.29) is 11.4 Å². The summed E-state index contributed by atoms with van der Waals surface area (Å²) in [6.07, 6.45) is 0. The number of ether oxygens (including phenoxy) is 2. The van der Waals surface area contributed by atoms with Crippen molar-refractivity contribution < 1.29 is 14.6 Å². The van der Waals surface area contributed by atoms with Crippen molar-refractivity contribution >= 4 is 10.8 Å². The SMILES string of the molecule is COc1cc(OC(C)(C)C)c(O)c2ccccc12. The molecule has 0 saturated heterocycles. The van der Waals surface area contributed by atoms with E-state index in [0.29, 0.717) is 11.5 Å². The Morgan fingerprint density at radius 1 is 1.00 bits per heavy atom. The fourth-order valence-electron chi connectivity index (χ4n) is 1.88. The minimum Gasteiger partial charge on any atom is -0.504 e. The monoisotopic (exact) mass is 246 g/mol. The van der Waals surface area contributed by atoms with E-state index in [0.717, 1.165) is 10.8 Å². The molecule has 0 spiro atoms. The summed E-state index contributed by atoms with van der Waals surface area (Å²) in [5, 5.41) is 11.9. The molecular formula is C15H18O3. The topological polar surface area (TPSA) is 38.7 Å². The van der Waals surface area contributed by atoms with E-state index < -0.39 is 0 Å². The number of hydrogen-bond donors (Lipinski definition) is 1. The molecule has 0 unspecified atom stereocenters. The van der Waals surface area contributed by atoms with Gasteiger partial charge in [-0.15, -0.1) is 0 Å². The lowest BCUT2D eigenvalue weighted by Crippen LogP contribution is -2.23. The standard InChI is InChI=1S/C15H18O3/c1-15(2,3)18-13-9-12(17-4)10-7-5-6-8-11(10)14(13)16/h5-9,16H,1-4H3. The Bertz CT molecular complexity index is 568. The van der Waals surface area contributed by atoms with Crippen LogP contribution in [0, 0.1) is 0 Å². The van der Waals surface area contributed by atoms with E-state index in [1.54, 1.807) is 13.2 Å². The van der Waals surface area contributed by atoms with Crippen molar-refractivity contribution in [2.75, 3.05) is 7.11 Å². The third-order valence-corrected chi connectivity index (χ3v) is 2.58. The molecule has 0 fully saturated rings. The Balaban J connectivity index is 2.65. The molecule has 0 aliphatic heterocycles. The second-order valence-corrected chi connectivity index (χ2v) is 5.19. The first-order chi connectivity index (χ1) is 8.42. The summed E-state index contributed by atoms with van der Waals surface area (Å²) in [5.74, 6) is 1.29. The van der Waals surface area contributed by atoms with Gasteiger partial charge < -0.3 is 14.6 Å². The molecule has 1 N–H and O–H groups in total. The molecule has 2 rings (SSSR count). The van der Waals surface area contributed by atoms with Crippen molar-refractivity contribution in [1.82, 2.24) is 0 Å². The molecule has 96 valence electrons. The molecule has 0 bridgehead atoms. The van der Waals surface area contributed by atoms with Crippen LogP contribution in [0.4, 0.5) is 0 Å². The molecule has 0 amide bonds. The van der Waals surface area contributed by atoms with Crippen LogP contribution in [0.5, 0.6) is 17.2 Å². The van der Waals surface area contributed by atoms with E-state index in [2.05, 4.69) is 0 Å². The maximum Gasteiger partial charge on any atom is 0.166 e. The number of rotatable bonds is 2. The van der Waals surface area contributed by atoms with Crippen molar-refractivity contribution in [3.8, 4) is 17.2 Å². The highest BCUT2D eigenvalue weighted by Crippen LogP contribution is 2.41. The Hall–Kier alpha value is -1.90. The maximum atomic E-state index is 10.3. The summed E-state index contributed by atoms with van der Waals surface area (Å²) in [6, 6.07) is 9.28. The molecule has 0 aliphatic rings. The van der Waals surface area contributed by atoms with Crippen LogP contribution in [0.25, 0.3) is 10.8 Å². The third kappa shape index (κ3) is 2.35. The van der Waals surface area contributed by atoms with E-state index in [1.165, 1.54) is 0 Å². The summed E-state index contributed by atoms with van der Waals surface area (Å²) < 4.78 is 11.1. The van der Waals surface area contributed by atoms with Gasteiger partial charge >= 0.3 is 0 Å². The van der Waals surface area contributed by atoms with Gasteiger partial charge in [0.2, 0.25) is 0 Å². The van der Waals surface area contributed by atoms with Crippen LogP contribution in [0.2, 0.25) is 0 Å². The number of fused-ring (bicyclic) bond motifs is 1. The largest absolute Gasteiger partial charge is 0.504 e. The smallest absolute Gasteiger partial charge is 0.166 e. The summed E-state index contributed by atoms with van der Waals surface area (Å²) in [6.45, 7) is 5.82. The van der Waals surface area contributed by atoms with Gasteiger partial charge in [0.25, 0.3) is 0 Å². The number of phenolic OH excluding ortho intramolecular Hbond substituents is 1. The minimum absolute atomic E-state index is 0.154. The molecule has 0 aromatic heterocycles. The van der Waals surface area contributed by atoms with E-state index in [1.807, 2.05) is 45.0 Å². The van der Waals surface area contributed by atoms with E-state index >= 15 is 0 Å². The van der Waals surface area contributed by atoms with E-state index in [9.17, 15) is 5.11 Å². The first-order valence-electron chi connectivity index (χ1n) is 5.90. The average Bonchev–Trinajstić information content (AvgIpc) is 2.31. The number of aromatic hydroxyl groups is 1. The van der Waals surface area contributed by atoms with Gasteiger partial charge in [-0.3, -0.25) is 0 Å². The zero-order chi connectivity index (χ0) is 13.3. The first kappa shape index (κ1) is 12.6. The van der Waals surface area contributed by atoms with Crippen LogP contribution in [0.15, 0.2) is 30.3 Å². The quantitative estimate of drug-likeness (QED) is 0.877. The normalized spacial score (nSPS) is 11.6. The van der Waals surface area contributed by atoms with Gasteiger partial charge in [0, 0.05) is 16.8 Å². The van der Waals surface area contributed by atoms with Crippen LogP contribution in [0.3, 0.4) is 0 Å². The molecule has 18 heavy (non-hydrogen) atoms. The molecular weight excluding hydrogens is 228 g/mol. The molecule has 0 radical (unpaired) electrons. The van der Waals surface area contributed by atoms with Gasteiger partial charge in [0.05, 0.1) is 7.11 Å². The van der Waals surface area contributed by atoms with Crippen LogP contribution >= 0.6 is 0 Å². The Morgan fingerprint density at radius 2 is 1.61 bits per heavy atom. The second kappa shape index (κ2) is 4.41. The molecule has 0 atom stereocenters. The van der Waals surface area contributed by atoms with Gasteiger partial charge in [0.15, 0.2) is 11.5 Å². The number of benzene rings is 2. The maximum absolute atomic E-state index is 10.3. The van der Waals surface area contributed by atoms with Crippen LogP contribution < -0.4 is 9.47 Å². The Kier molecular flexibility index (Phi) is 3.07. The molecule has 0 saturated carbocycles. The highest BCUT2D eigenvalue weighted by atomic mass is 16.5. The third-order valence-electron chi connectivity index (χ3n) is 2.58. The predicted molar refractivity (Wildman–Crippen MR) is 72.5 cm³/mol. The molecule has 0 heterocycles. The second-order valence-electron chi connectivity index (χ2n) is 5.19. The molecule has 2 aromatic carbocycles. The molecule has 2 aromatic rings. The average molecular weight is 246 g/mol. The summed E-state index contributed by atoms with van der Waals surface area (Å²) in [7, 11) is 1.61. The van der Waals surface area contributed by atoms with Gasteiger partial charge in [-0.05, 0) is 20.8 Å². The Labute approximate surface area is 107 Å². The summed E-state index contributed by atoms with van der Waals surface area (Å²) in [5.41, 5.74) is -0.370.